The molecule has 0 aliphatic rings. The highest BCUT2D eigenvalue weighted by molar-refractivity contribution is 14.1. The minimum absolute atomic E-state index is 0.607. The van der Waals surface area contributed by atoms with Gasteiger partial charge in [0.15, 0.2) is 0 Å². The second-order valence-electron chi connectivity index (χ2n) is 1.35. The molecule has 0 bridgehead atoms. The van der Waals surface area contributed by atoms with E-state index in [2.05, 4.69) is 4.18 Å². The van der Waals surface area contributed by atoms with Crippen LogP contribution in [0.3, 0.4) is 0 Å². The SMILES string of the molecule is O=S(=O)(F)OC(I)C(F)(F)F. The predicted octanol–water partition coefficient (Wildman–Crippen LogP) is 1.54. The van der Waals surface area contributed by atoms with Crippen molar-refractivity contribution in [3.63, 3.8) is 0 Å². The van der Waals surface area contributed by atoms with Crippen LogP contribution in [0, 0.1) is 0 Å². The Kier molecular flexibility index (Phi) is 3.50. The third kappa shape index (κ3) is 5.61. The lowest BCUT2D eigenvalue weighted by molar-refractivity contribution is -0.160. The van der Waals surface area contributed by atoms with E-state index in [1.54, 1.807) is 0 Å². The average Bonchev–Trinajstić information content (AvgIpc) is 1.56. The van der Waals surface area contributed by atoms with Gasteiger partial charge in [-0.1, -0.05) is 3.89 Å². The Labute approximate surface area is 73.3 Å². The van der Waals surface area contributed by atoms with Crippen LogP contribution in [0.2, 0.25) is 0 Å². The molecule has 0 heterocycles. The Hall–Kier alpha value is 0.360. The predicted molar refractivity (Wildman–Crippen MR) is 35.0 cm³/mol. The summed E-state index contributed by atoms with van der Waals surface area (Å²) in [5.74, 6) is 0. The summed E-state index contributed by atoms with van der Waals surface area (Å²) >= 11 is 0.607. The van der Waals surface area contributed by atoms with E-state index in [0.29, 0.717) is 22.6 Å². The van der Waals surface area contributed by atoms with Crippen LogP contribution in [0.25, 0.3) is 0 Å². The molecule has 0 aliphatic carbocycles. The molecule has 0 N–H and O–H groups in total. The summed E-state index contributed by atoms with van der Waals surface area (Å²) in [6, 6.07) is 0. The van der Waals surface area contributed by atoms with Crippen LogP contribution in [-0.4, -0.2) is 18.7 Å². The van der Waals surface area contributed by atoms with Gasteiger partial charge < -0.3 is 0 Å². The summed E-state index contributed by atoms with van der Waals surface area (Å²) < 4.78 is 64.9. The summed E-state index contributed by atoms with van der Waals surface area (Å²) in [5, 5.41) is 0. The first-order chi connectivity index (χ1) is 4.63. The minimum atomic E-state index is -5.53. The van der Waals surface area contributed by atoms with Crippen molar-refractivity contribution in [2.45, 2.75) is 10.3 Å². The molecule has 0 rings (SSSR count). The van der Waals surface area contributed by atoms with E-state index >= 15 is 0 Å². The van der Waals surface area contributed by atoms with Gasteiger partial charge in [0, 0.05) is 0 Å². The Bertz CT molecular complexity index is 220. The van der Waals surface area contributed by atoms with Crippen LogP contribution in [-0.2, 0) is 14.7 Å². The molecule has 68 valence electrons. The van der Waals surface area contributed by atoms with Gasteiger partial charge >= 0.3 is 16.7 Å². The first-order valence-corrected chi connectivity index (χ1v) is 4.52. The highest BCUT2D eigenvalue weighted by Gasteiger charge is 2.41. The topological polar surface area (TPSA) is 43.4 Å². The molecule has 0 radical (unpaired) electrons. The zero-order valence-corrected chi connectivity index (χ0v) is 7.57. The summed E-state index contributed by atoms with van der Waals surface area (Å²) in [7, 11) is -5.53. The Morgan fingerprint density at radius 2 is 1.73 bits per heavy atom. The lowest BCUT2D eigenvalue weighted by atomic mass is 10.7. The van der Waals surface area contributed by atoms with Gasteiger partial charge in [-0.25, -0.2) is 4.18 Å². The maximum absolute atomic E-state index is 11.4. The zero-order valence-electron chi connectivity index (χ0n) is 4.60. The quantitative estimate of drug-likeness (QED) is 0.336. The maximum Gasteiger partial charge on any atom is 0.438 e. The minimum Gasteiger partial charge on any atom is -0.221 e. The molecule has 0 aromatic heterocycles. The number of halogens is 5. The molecule has 0 saturated carbocycles. The molecule has 0 amide bonds. The molecule has 0 spiro atoms. The molecule has 0 aromatic carbocycles. The summed E-state index contributed by atoms with van der Waals surface area (Å²) in [4.78, 5) is 0. The van der Waals surface area contributed by atoms with E-state index in [1.165, 1.54) is 0 Å². The highest BCUT2D eigenvalue weighted by atomic mass is 127. The van der Waals surface area contributed by atoms with Crippen molar-refractivity contribution in [3.05, 3.63) is 0 Å². The second kappa shape index (κ2) is 3.39. The Morgan fingerprint density at radius 3 is 1.82 bits per heavy atom. The molecule has 1 unspecified atom stereocenters. The smallest absolute Gasteiger partial charge is 0.221 e. The number of hydrogen-bond acceptors (Lipinski definition) is 3. The molecule has 3 nitrogen and oxygen atoms in total. The zero-order chi connectivity index (χ0) is 9.28. The average molecular weight is 308 g/mol. The van der Waals surface area contributed by atoms with E-state index in [-0.39, 0.29) is 0 Å². The molecule has 0 saturated heterocycles. The molecule has 0 fully saturated rings. The summed E-state index contributed by atoms with van der Waals surface area (Å²) in [6.45, 7) is 0. The third-order valence-electron chi connectivity index (χ3n) is 0.457. The largest absolute Gasteiger partial charge is 0.438 e. The van der Waals surface area contributed by atoms with Crippen molar-refractivity contribution in [1.29, 1.82) is 0 Å². The van der Waals surface area contributed by atoms with Crippen molar-refractivity contribution in [2.24, 2.45) is 0 Å². The van der Waals surface area contributed by atoms with Gasteiger partial charge in [-0.3, -0.25) is 0 Å². The van der Waals surface area contributed by atoms with Crippen molar-refractivity contribution in [1.82, 2.24) is 0 Å². The molecule has 0 aliphatic heterocycles. The fourth-order valence-corrected chi connectivity index (χ4v) is 1.21. The standard InChI is InChI=1S/C2HF4IO3S/c3-2(4,5)1(7)10-11(6,8)9/h1H. The van der Waals surface area contributed by atoms with Gasteiger partial charge in [0.2, 0.25) is 4.11 Å². The third-order valence-corrected chi connectivity index (χ3v) is 2.18. The summed E-state index contributed by atoms with van der Waals surface area (Å²) in [6.07, 6.45) is -4.89. The van der Waals surface area contributed by atoms with Gasteiger partial charge in [-0.2, -0.15) is 21.6 Å². The first kappa shape index (κ1) is 11.4. The first-order valence-electron chi connectivity index (χ1n) is 1.96. The lowest BCUT2D eigenvalue weighted by Crippen LogP contribution is -2.26. The maximum atomic E-state index is 11.4. The lowest BCUT2D eigenvalue weighted by Gasteiger charge is -2.10. The van der Waals surface area contributed by atoms with Gasteiger partial charge in [-0.15, -0.1) is 0 Å². The number of hydrogen-bond donors (Lipinski definition) is 0. The molecule has 9 heteroatoms. The van der Waals surface area contributed by atoms with Crippen LogP contribution in [0.15, 0.2) is 0 Å². The number of alkyl halides is 4. The van der Waals surface area contributed by atoms with Crippen molar-refractivity contribution in [2.75, 3.05) is 0 Å². The fraction of sp³-hybridized carbons (Fsp3) is 1.00. The molecular formula is C2HF4IO3S. The second-order valence-corrected chi connectivity index (χ2v) is 3.46. The molecule has 11 heavy (non-hydrogen) atoms. The van der Waals surface area contributed by atoms with E-state index in [1.807, 2.05) is 0 Å². The van der Waals surface area contributed by atoms with E-state index in [4.69, 9.17) is 0 Å². The van der Waals surface area contributed by atoms with Gasteiger partial charge in [0.05, 0.1) is 0 Å². The fourth-order valence-electron chi connectivity index (χ4n) is 0.155. The van der Waals surface area contributed by atoms with E-state index in [0.717, 1.165) is 0 Å². The van der Waals surface area contributed by atoms with E-state index < -0.39 is 20.8 Å². The van der Waals surface area contributed by atoms with Crippen LogP contribution >= 0.6 is 22.6 Å². The monoisotopic (exact) mass is 308 g/mol. The molecule has 0 aromatic rings. The van der Waals surface area contributed by atoms with Gasteiger partial charge in [0.1, 0.15) is 0 Å². The molecular weight excluding hydrogens is 307 g/mol. The van der Waals surface area contributed by atoms with Crippen molar-refractivity contribution >= 4 is 33.1 Å². The van der Waals surface area contributed by atoms with Crippen LogP contribution in [0.4, 0.5) is 17.1 Å². The van der Waals surface area contributed by atoms with E-state index in [9.17, 15) is 25.5 Å². The van der Waals surface area contributed by atoms with Crippen molar-refractivity contribution < 1.29 is 29.7 Å². The van der Waals surface area contributed by atoms with Gasteiger partial charge in [-0.05, 0) is 22.6 Å². The number of rotatable bonds is 2. The van der Waals surface area contributed by atoms with Crippen LogP contribution in [0.1, 0.15) is 0 Å². The normalized spacial score (nSPS) is 16.5. The van der Waals surface area contributed by atoms with Crippen LogP contribution in [0.5, 0.6) is 0 Å². The Morgan fingerprint density at radius 1 is 1.36 bits per heavy atom. The van der Waals surface area contributed by atoms with Gasteiger partial charge in [0.25, 0.3) is 0 Å². The van der Waals surface area contributed by atoms with Crippen molar-refractivity contribution in [3.8, 4) is 0 Å². The summed E-state index contributed by atoms with van der Waals surface area (Å²) in [5.41, 5.74) is 0. The molecule has 1 atom stereocenters. The van der Waals surface area contributed by atoms with Crippen LogP contribution < -0.4 is 0 Å². The Balaban J connectivity index is 4.21. The highest BCUT2D eigenvalue weighted by Crippen LogP contribution is 2.28.